The van der Waals surface area contributed by atoms with Crippen LogP contribution in [-0.2, 0) is 4.79 Å². The minimum absolute atomic E-state index is 0.310. The third-order valence-electron chi connectivity index (χ3n) is 1.61. The van der Waals surface area contributed by atoms with Crippen LogP contribution in [0.4, 0.5) is 4.39 Å². The van der Waals surface area contributed by atoms with Crippen LogP contribution in [0.5, 0.6) is 0 Å². The Bertz CT molecular complexity index is 481. The van der Waals surface area contributed by atoms with Gasteiger partial charge in [-0.2, -0.15) is 0 Å². The van der Waals surface area contributed by atoms with E-state index in [1.54, 1.807) is 0 Å². The Morgan fingerprint density at radius 1 is 1.42 bits per heavy atom. The zero-order valence-corrected chi connectivity index (χ0v) is 8.00. The molecular formula is C8H3FINO. The fourth-order valence-electron chi connectivity index (χ4n) is 1.07. The molecule has 0 fully saturated rings. The lowest BCUT2D eigenvalue weighted by Gasteiger charge is -1.91. The molecular weight excluding hydrogens is 272 g/mol. The van der Waals surface area contributed by atoms with E-state index in [2.05, 4.69) is 4.99 Å². The van der Waals surface area contributed by atoms with E-state index >= 15 is 0 Å². The second kappa shape index (κ2) is 2.62. The fourth-order valence-corrected chi connectivity index (χ4v) is 1.68. The van der Waals surface area contributed by atoms with Gasteiger partial charge in [-0.15, -0.1) is 0 Å². The smallest absolute Gasteiger partial charge is 0.267 e. The quantitative estimate of drug-likeness (QED) is 0.629. The summed E-state index contributed by atoms with van der Waals surface area (Å²) in [6.07, 6.45) is 1.35. The number of nitrogens with zero attached hydrogens (tertiary/aromatic N) is 1. The summed E-state index contributed by atoms with van der Waals surface area (Å²) in [4.78, 5) is 14.5. The van der Waals surface area contributed by atoms with E-state index in [1.807, 2.05) is 22.6 Å². The molecule has 0 saturated heterocycles. The maximum atomic E-state index is 12.9. The molecule has 1 aliphatic rings. The van der Waals surface area contributed by atoms with Gasteiger partial charge in [0.25, 0.3) is 5.91 Å². The molecule has 1 aromatic rings. The molecule has 1 aliphatic heterocycles. The van der Waals surface area contributed by atoms with Crippen molar-refractivity contribution in [1.29, 1.82) is 0 Å². The Morgan fingerprint density at radius 2 is 2.17 bits per heavy atom. The Labute approximate surface area is 81.0 Å². The lowest BCUT2D eigenvalue weighted by Crippen LogP contribution is -2.25. The van der Waals surface area contributed by atoms with E-state index in [9.17, 15) is 9.18 Å². The van der Waals surface area contributed by atoms with Crippen molar-refractivity contribution in [2.75, 3.05) is 0 Å². The summed E-state index contributed by atoms with van der Waals surface area (Å²) in [5, 5.41) is 1.16. The molecule has 0 saturated carbocycles. The topological polar surface area (TPSA) is 29.4 Å². The zero-order chi connectivity index (χ0) is 8.72. The average Bonchev–Trinajstić information content (AvgIpc) is 2.39. The van der Waals surface area contributed by atoms with Crippen LogP contribution in [0.25, 0.3) is 6.08 Å². The SMILES string of the molecule is O=C1C=c2c(I)c(F)ccc2=N1. The highest BCUT2D eigenvalue weighted by atomic mass is 127. The van der Waals surface area contributed by atoms with E-state index in [-0.39, 0.29) is 11.7 Å². The standard InChI is InChI=1S/C8H3FINO/c9-5-1-2-6-4(8(5)10)3-7(12)11-6/h1-3H. The van der Waals surface area contributed by atoms with Gasteiger partial charge in [0.05, 0.1) is 8.93 Å². The van der Waals surface area contributed by atoms with Gasteiger partial charge in [-0.3, -0.25) is 4.79 Å². The van der Waals surface area contributed by atoms with E-state index in [0.717, 1.165) is 0 Å². The molecule has 0 spiro atoms. The highest BCUT2D eigenvalue weighted by Gasteiger charge is 2.08. The number of carbonyl (C=O) groups excluding carboxylic acids is 1. The number of benzene rings is 1. The molecule has 0 bridgehead atoms. The Morgan fingerprint density at radius 3 is 2.92 bits per heavy atom. The van der Waals surface area contributed by atoms with Gasteiger partial charge in [-0.1, -0.05) is 0 Å². The molecule has 0 N–H and O–H groups in total. The van der Waals surface area contributed by atoms with Crippen molar-refractivity contribution >= 4 is 34.6 Å². The first kappa shape index (κ1) is 7.85. The first-order chi connectivity index (χ1) is 5.68. The molecule has 60 valence electrons. The molecule has 2 rings (SSSR count). The summed E-state index contributed by atoms with van der Waals surface area (Å²) >= 11 is 1.86. The first-order valence-electron chi connectivity index (χ1n) is 3.27. The van der Waals surface area contributed by atoms with E-state index in [1.165, 1.54) is 18.2 Å². The monoisotopic (exact) mass is 275 g/mol. The number of rotatable bonds is 0. The fraction of sp³-hybridized carbons (Fsp3) is 0. The van der Waals surface area contributed by atoms with Crippen molar-refractivity contribution in [3.63, 3.8) is 0 Å². The highest BCUT2D eigenvalue weighted by molar-refractivity contribution is 14.1. The van der Waals surface area contributed by atoms with Crippen molar-refractivity contribution in [3.8, 4) is 0 Å². The van der Waals surface area contributed by atoms with Gasteiger partial charge < -0.3 is 0 Å². The number of halogens is 2. The molecule has 1 aromatic carbocycles. The number of fused-ring (bicyclic) bond motifs is 1. The second-order valence-corrected chi connectivity index (χ2v) is 3.47. The van der Waals surface area contributed by atoms with E-state index in [4.69, 9.17) is 0 Å². The third kappa shape index (κ3) is 1.06. The van der Waals surface area contributed by atoms with Gasteiger partial charge in [-0.05, 0) is 34.7 Å². The molecule has 0 aromatic heterocycles. The minimum atomic E-state index is -0.312. The molecule has 1 heterocycles. The van der Waals surface area contributed by atoms with Crippen molar-refractivity contribution < 1.29 is 9.18 Å². The van der Waals surface area contributed by atoms with Gasteiger partial charge >= 0.3 is 0 Å². The van der Waals surface area contributed by atoms with Crippen LogP contribution in [0.3, 0.4) is 0 Å². The highest BCUT2D eigenvalue weighted by Crippen LogP contribution is 2.03. The van der Waals surface area contributed by atoms with Gasteiger partial charge in [-0.25, -0.2) is 9.38 Å². The zero-order valence-electron chi connectivity index (χ0n) is 5.84. The van der Waals surface area contributed by atoms with Gasteiger partial charge in [0.1, 0.15) is 5.82 Å². The Hall–Kier alpha value is -0.780. The van der Waals surface area contributed by atoms with Crippen LogP contribution in [0, 0.1) is 9.39 Å². The maximum absolute atomic E-state index is 12.9. The number of carbonyl (C=O) groups is 1. The lowest BCUT2D eigenvalue weighted by molar-refractivity contribution is -0.112. The second-order valence-electron chi connectivity index (χ2n) is 2.39. The molecule has 2 nitrogen and oxygen atoms in total. The summed E-state index contributed by atoms with van der Waals surface area (Å²) in [7, 11) is 0. The molecule has 0 radical (unpaired) electrons. The van der Waals surface area contributed by atoms with Crippen molar-refractivity contribution in [2.24, 2.45) is 4.99 Å². The normalized spacial score (nSPS) is 13.7. The molecule has 0 atom stereocenters. The van der Waals surface area contributed by atoms with Crippen LogP contribution < -0.4 is 10.6 Å². The molecule has 4 heteroatoms. The van der Waals surface area contributed by atoms with Crippen molar-refractivity contribution in [2.45, 2.75) is 0 Å². The molecule has 1 amide bonds. The minimum Gasteiger partial charge on any atom is -0.267 e. The van der Waals surface area contributed by atoms with Gasteiger partial charge in [0.2, 0.25) is 0 Å². The number of hydrogen-bond donors (Lipinski definition) is 0. The Kier molecular flexibility index (Phi) is 1.71. The summed E-state index contributed by atoms with van der Waals surface area (Å²) in [6.45, 7) is 0. The van der Waals surface area contributed by atoms with E-state index < -0.39 is 0 Å². The van der Waals surface area contributed by atoms with Crippen molar-refractivity contribution in [3.05, 3.63) is 32.1 Å². The van der Waals surface area contributed by atoms with E-state index in [0.29, 0.717) is 14.1 Å². The predicted molar refractivity (Wildman–Crippen MR) is 49.4 cm³/mol. The summed E-state index contributed by atoms with van der Waals surface area (Å²) in [6, 6.07) is 2.82. The van der Waals surface area contributed by atoms with Crippen LogP contribution in [0.1, 0.15) is 0 Å². The van der Waals surface area contributed by atoms with Crippen LogP contribution in [0.2, 0.25) is 0 Å². The van der Waals surface area contributed by atoms with Crippen LogP contribution >= 0.6 is 22.6 Å². The maximum Gasteiger partial charge on any atom is 0.270 e. The van der Waals surface area contributed by atoms with Crippen LogP contribution in [0.15, 0.2) is 17.1 Å². The van der Waals surface area contributed by atoms with Gasteiger partial charge in [0, 0.05) is 11.3 Å². The van der Waals surface area contributed by atoms with Gasteiger partial charge in [0.15, 0.2) is 0 Å². The largest absolute Gasteiger partial charge is 0.270 e. The van der Waals surface area contributed by atoms with Crippen LogP contribution in [-0.4, -0.2) is 5.91 Å². The first-order valence-corrected chi connectivity index (χ1v) is 4.35. The summed E-state index contributed by atoms with van der Waals surface area (Å²) < 4.78 is 13.4. The molecule has 12 heavy (non-hydrogen) atoms. The molecule has 0 aliphatic carbocycles. The summed E-state index contributed by atoms with van der Waals surface area (Å²) in [5.74, 6) is -0.621. The molecule has 0 unspecified atom stereocenters. The number of hydrogen-bond acceptors (Lipinski definition) is 1. The average molecular weight is 275 g/mol. The Balaban J connectivity index is 2.96. The lowest BCUT2D eigenvalue weighted by atomic mass is 10.3. The predicted octanol–water partition coefficient (Wildman–Crippen LogP) is 0.371. The van der Waals surface area contributed by atoms with Crippen molar-refractivity contribution in [1.82, 2.24) is 0 Å². The summed E-state index contributed by atoms with van der Waals surface area (Å²) in [5.41, 5.74) is 0. The third-order valence-corrected chi connectivity index (χ3v) is 2.70. The number of amides is 1.